The van der Waals surface area contributed by atoms with E-state index in [-0.39, 0.29) is 11.5 Å². The van der Waals surface area contributed by atoms with Crippen LogP contribution in [0.25, 0.3) is 0 Å². The molecule has 1 aromatic rings. The first-order valence-corrected chi connectivity index (χ1v) is 4.60. The van der Waals surface area contributed by atoms with Crippen molar-refractivity contribution in [1.82, 2.24) is 10.3 Å². The summed E-state index contributed by atoms with van der Waals surface area (Å²) >= 11 is 0. The number of aromatic nitrogens is 1. The molecule has 0 aliphatic rings. The van der Waals surface area contributed by atoms with E-state index in [4.69, 9.17) is 0 Å². The lowest BCUT2D eigenvalue weighted by Crippen LogP contribution is -2.20. The molecule has 0 bridgehead atoms. The molecule has 1 heterocycles. The molecule has 1 amide bonds. The Labute approximate surface area is 87.7 Å². The summed E-state index contributed by atoms with van der Waals surface area (Å²) in [5.41, 5.74) is 0.519. The van der Waals surface area contributed by atoms with Crippen LogP contribution in [0.15, 0.2) is 23.1 Å². The molecule has 0 saturated carbocycles. The molecule has 0 radical (unpaired) electrons. The monoisotopic (exact) mass is 204 g/mol. The first-order chi connectivity index (χ1) is 7.18. The Bertz CT molecular complexity index is 451. The molecular formula is C11H12N2O2. The Morgan fingerprint density at radius 3 is 3.07 bits per heavy atom. The molecule has 0 aliphatic carbocycles. The lowest BCUT2D eigenvalue weighted by atomic mass is 10.2. The zero-order valence-corrected chi connectivity index (χ0v) is 8.46. The van der Waals surface area contributed by atoms with Crippen molar-refractivity contribution < 1.29 is 4.79 Å². The molecule has 78 valence electrons. The van der Waals surface area contributed by atoms with Gasteiger partial charge in [0.1, 0.15) is 0 Å². The second kappa shape index (κ2) is 5.66. The smallest absolute Gasteiger partial charge is 0.249 e. The number of hydrogen-bond donors (Lipinski definition) is 2. The van der Waals surface area contributed by atoms with Crippen LogP contribution in [0.3, 0.4) is 0 Å². The molecule has 0 aromatic carbocycles. The van der Waals surface area contributed by atoms with E-state index < -0.39 is 0 Å². The zero-order chi connectivity index (χ0) is 11.1. The predicted octanol–water partition coefficient (Wildman–Crippen LogP) is 0.253. The van der Waals surface area contributed by atoms with Gasteiger partial charge in [0.2, 0.25) is 11.5 Å². The largest absolute Gasteiger partial charge is 0.355 e. The number of aromatic amines is 1. The molecule has 4 heteroatoms. The van der Waals surface area contributed by atoms with Crippen molar-refractivity contribution in [3.05, 3.63) is 34.2 Å². The topological polar surface area (TPSA) is 62.0 Å². The van der Waals surface area contributed by atoms with Crippen LogP contribution in [-0.2, 0) is 4.79 Å². The molecular weight excluding hydrogens is 192 g/mol. The van der Waals surface area contributed by atoms with E-state index in [1.807, 2.05) is 0 Å². The molecule has 4 nitrogen and oxygen atoms in total. The third-order valence-corrected chi connectivity index (χ3v) is 1.63. The van der Waals surface area contributed by atoms with Crippen molar-refractivity contribution in [2.24, 2.45) is 0 Å². The van der Waals surface area contributed by atoms with Gasteiger partial charge < -0.3 is 10.3 Å². The Balaban J connectivity index is 2.45. The number of carbonyl (C=O) groups excluding carboxylic acids is 1. The molecule has 15 heavy (non-hydrogen) atoms. The Morgan fingerprint density at radius 2 is 2.40 bits per heavy atom. The number of H-pyrrole nitrogens is 1. The van der Waals surface area contributed by atoms with Gasteiger partial charge in [0, 0.05) is 37.7 Å². The van der Waals surface area contributed by atoms with Crippen molar-refractivity contribution in [3.63, 3.8) is 0 Å². The summed E-state index contributed by atoms with van der Waals surface area (Å²) in [6, 6.07) is 3.16. The van der Waals surface area contributed by atoms with Gasteiger partial charge in [-0.1, -0.05) is 11.8 Å². The van der Waals surface area contributed by atoms with Crippen LogP contribution in [0.4, 0.5) is 0 Å². The van der Waals surface area contributed by atoms with E-state index in [0.29, 0.717) is 18.5 Å². The van der Waals surface area contributed by atoms with Crippen molar-refractivity contribution >= 4 is 5.91 Å². The summed E-state index contributed by atoms with van der Waals surface area (Å²) in [4.78, 5) is 23.9. The van der Waals surface area contributed by atoms with Crippen LogP contribution in [0.1, 0.15) is 18.9 Å². The number of rotatable bonds is 2. The fraction of sp³-hybridized carbons (Fsp3) is 0.273. The van der Waals surface area contributed by atoms with Gasteiger partial charge >= 0.3 is 0 Å². The number of hydrogen-bond acceptors (Lipinski definition) is 2. The lowest BCUT2D eigenvalue weighted by Gasteiger charge is -1.94. The second-order valence-corrected chi connectivity index (χ2v) is 2.98. The Kier molecular flexibility index (Phi) is 4.17. The quantitative estimate of drug-likeness (QED) is 0.536. The number of pyridine rings is 1. The van der Waals surface area contributed by atoms with E-state index in [1.54, 1.807) is 12.3 Å². The van der Waals surface area contributed by atoms with Gasteiger partial charge in [0.15, 0.2) is 0 Å². The molecule has 2 N–H and O–H groups in total. The highest BCUT2D eigenvalue weighted by Crippen LogP contribution is 1.88. The predicted molar refractivity (Wildman–Crippen MR) is 57.2 cm³/mol. The van der Waals surface area contributed by atoms with Crippen molar-refractivity contribution in [2.75, 3.05) is 6.54 Å². The van der Waals surface area contributed by atoms with E-state index in [0.717, 1.165) is 0 Å². The molecule has 0 fully saturated rings. The second-order valence-electron chi connectivity index (χ2n) is 2.98. The highest BCUT2D eigenvalue weighted by Gasteiger charge is 1.88. The van der Waals surface area contributed by atoms with Gasteiger partial charge in [-0.05, 0) is 6.07 Å². The summed E-state index contributed by atoms with van der Waals surface area (Å²) in [5.74, 6) is 5.64. The maximum Gasteiger partial charge on any atom is 0.249 e. The number of nitrogens with one attached hydrogen (secondary N) is 2. The minimum atomic E-state index is -0.163. The fourth-order valence-electron chi connectivity index (χ4n) is 0.988. The Hall–Kier alpha value is -2.02. The standard InChI is InChI=1S/C11H12N2O2/c1-9(14)12-6-3-2-4-10-5-7-13-11(15)8-10/h5,7-8H,3,6H2,1H3,(H,12,14)(H,13,15). The number of amides is 1. The third-order valence-electron chi connectivity index (χ3n) is 1.63. The van der Waals surface area contributed by atoms with Crippen molar-refractivity contribution in [2.45, 2.75) is 13.3 Å². The highest BCUT2D eigenvalue weighted by atomic mass is 16.1. The zero-order valence-electron chi connectivity index (χ0n) is 8.46. The van der Waals surface area contributed by atoms with Crippen LogP contribution in [0.5, 0.6) is 0 Å². The minimum absolute atomic E-state index is 0.0621. The summed E-state index contributed by atoms with van der Waals surface area (Å²) in [7, 11) is 0. The molecule has 0 saturated heterocycles. The van der Waals surface area contributed by atoms with Gasteiger partial charge in [-0.3, -0.25) is 9.59 Å². The van der Waals surface area contributed by atoms with E-state index >= 15 is 0 Å². The van der Waals surface area contributed by atoms with E-state index in [2.05, 4.69) is 22.1 Å². The van der Waals surface area contributed by atoms with E-state index in [9.17, 15) is 9.59 Å². The van der Waals surface area contributed by atoms with Crippen molar-refractivity contribution in [1.29, 1.82) is 0 Å². The molecule has 0 unspecified atom stereocenters. The average Bonchev–Trinajstić information content (AvgIpc) is 2.17. The van der Waals surface area contributed by atoms with Crippen LogP contribution in [-0.4, -0.2) is 17.4 Å². The van der Waals surface area contributed by atoms with Gasteiger partial charge in [-0.2, -0.15) is 0 Å². The normalized spacial score (nSPS) is 8.87. The first kappa shape index (κ1) is 11.1. The molecule has 1 rings (SSSR count). The summed E-state index contributed by atoms with van der Waals surface area (Å²) in [6.07, 6.45) is 2.13. The highest BCUT2D eigenvalue weighted by molar-refractivity contribution is 5.72. The molecule has 0 spiro atoms. The molecule has 0 atom stereocenters. The summed E-state index contributed by atoms with van der Waals surface area (Å²) < 4.78 is 0. The fourth-order valence-corrected chi connectivity index (χ4v) is 0.988. The third kappa shape index (κ3) is 4.67. The van der Waals surface area contributed by atoms with Gasteiger partial charge in [-0.25, -0.2) is 0 Å². The molecule has 0 aliphatic heterocycles. The first-order valence-electron chi connectivity index (χ1n) is 4.60. The van der Waals surface area contributed by atoms with Gasteiger partial charge in [-0.15, -0.1) is 0 Å². The van der Waals surface area contributed by atoms with Crippen LogP contribution in [0, 0.1) is 11.8 Å². The van der Waals surface area contributed by atoms with Crippen LogP contribution < -0.4 is 10.9 Å². The maximum atomic E-state index is 10.9. The summed E-state index contributed by atoms with van der Waals surface area (Å²) in [6.45, 7) is 2.00. The van der Waals surface area contributed by atoms with Gasteiger partial charge in [0.05, 0.1) is 0 Å². The lowest BCUT2D eigenvalue weighted by molar-refractivity contribution is -0.118. The average molecular weight is 204 g/mol. The SMILES string of the molecule is CC(=O)NCCC#Cc1cc[nH]c(=O)c1. The van der Waals surface area contributed by atoms with Crippen LogP contribution in [0.2, 0.25) is 0 Å². The molecule has 1 aromatic heterocycles. The van der Waals surface area contributed by atoms with E-state index in [1.165, 1.54) is 13.0 Å². The maximum absolute atomic E-state index is 10.9. The van der Waals surface area contributed by atoms with Crippen LogP contribution >= 0.6 is 0 Å². The minimum Gasteiger partial charge on any atom is -0.355 e. The van der Waals surface area contributed by atoms with Crippen molar-refractivity contribution in [3.8, 4) is 11.8 Å². The number of carbonyl (C=O) groups is 1. The Morgan fingerprint density at radius 1 is 1.60 bits per heavy atom. The van der Waals surface area contributed by atoms with Gasteiger partial charge in [0.25, 0.3) is 0 Å². The summed E-state index contributed by atoms with van der Waals surface area (Å²) in [5, 5.41) is 2.63.